The Balaban J connectivity index is 4.42. The van der Waals surface area contributed by atoms with Crippen molar-refractivity contribution in [2.45, 2.75) is 161 Å². The first-order valence-corrected chi connectivity index (χ1v) is 21.6. The van der Waals surface area contributed by atoms with E-state index in [-0.39, 0.29) is 32.0 Å². The summed E-state index contributed by atoms with van der Waals surface area (Å²) in [5, 5.41) is 0. The number of unbranched alkanes of at least 4 members (excludes halogenated alkanes) is 18. The number of esters is 3. The minimum absolute atomic E-state index is 0.0119. The Morgan fingerprint density at radius 2 is 1.13 bits per heavy atom. The summed E-state index contributed by atoms with van der Waals surface area (Å²) in [5.41, 5.74) is 0. The summed E-state index contributed by atoms with van der Waals surface area (Å²) >= 11 is 0. The monoisotopic (exact) mass is 761 g/mol. The number of carbonyl (C=O) groups is 3. The topological polar surface area (TPSA) is 135 Å². The highest BCUT2D eigenvalue weighted by atomic mass is 31.2. The van der Waals surface area contributed by atoms with E-state index in [9.17, 15) is 23.8 Å². The molecule has 1 N–H and O–H groups in total. The van der Waals surface area contributed by atoms with Crippen LogP contribution in [0.1, 0.15) is 155 Å². The molecule has 12 heteroatoms. The van der Waals surface area contributed by atoms with E-state index in [0.717, 1.165) is 57.8 Å². The van der Waals surface area contributed by atoms with Crippen molar-refractivity contribution in [3.8, 4) is 0 Å². The lowest BCUT2D eigenvalue weighted by atomic mass is 10.0. The van der Waals surface area contributed by atoms with Gasteiger partial charge in [-0.3, -0.25) is 18.6 Å². The summed E-state index contributed by atoms with van der Waals surface area (Å²) < 4.78 is 39.3. The van der Waals surface area contributed by atoms with Crippen LogP contribution >= 0.6 is 7.82 Å². The van der Waals surface area contributed by atoms with Crippen LogP contribution in [-0.2, 0) is 42.2 Å². The standard InChI is InChI=1S/C40H74NO10P/c1-6-8-10-11-12-13-14-15-16-17-19-22-26-30-39(43)48-35-37(36-50-52(45,46)49-34-32-41(3,4)5)51-40(44)31-27-23-20-18-21-24-28-33-47-38(42)29-25-9-7-2/h7,9,25,29,37H,6,8,10-24,26-28,30-36H2,1-5H3/p+1/b9-7+,29-25+/t37-/m1/s1. The molecular weight excluding hydrogens is 685 g/mol. The van der Waals surface area contributed by atoms with Crippen molar-refractivity contribution in [3.63, 3.8) is 0 Å². The highest BCUT2D eigenvalue weighted by Crippen LogP contribution is 2.43. The number of hydrogen-bond acceptors (Lipinski definition) is 9. The van der Waals surface area contributed by atoms with Gasteiger partial charge >= 0.3 is 25.7 Å². The van der Waals surface area contributed by atoms with Gasteiger partial charge in [0.2, 0.25) is 0 Å². The molecule has 52 heavy (non-hydrogen) atoms. The lowest BCUT2D eigenvalue weighted by Gasteiger charge is -2.24. The molecular formula is C40H75NO10P+. The maximum absolute atomic E-state index is 12.6. The van der Waals surface area contributed by atoms with E-state index in [2.05, 4.69) is 6.92 Å². The van der Waals surface area contributed by atoms with E-state index in [4.69, 9.17) is 23.3 Å². The van der Waals surface area contributed by atoms with Crippen LogP contribution in [0.2, 0.25) is 0 Å². The predicted molar refractivity (Wildman–Crippen MR) is 208 cm³/mol. The van der Waals surface area contributed by atoms with Gasteiger partial charge in [0.25, 0.3) is 0 Å². The fourth-order valence-corrected chi connectivity index (χ4v) is 6.01. The number of hydrogen-bond donors (Lipinski definition) is 1. The van der Waals surface area contributed by atoms with Gasteiger partial charge in [-0.2, -0.15) is 0 Å². The maximum Gasteiger partial charge on any atom is 0.472 e. The van der Waals surface area contributed by atoms with Gasteiger partial charge in [-0.15, -0.1) is 0 Å². The van der Waals surface area contributed by atoms with Crippen molar-refractivity contribution >= 4 is 25.7 Å². The Labute approximate surface area is 316 Å². The molecule has 0 saturated heterocycles. The van der Waals surface area contributed by atoms with E-state index >= 15 is 0 Å². The largest absolute Gasteiger partial charge is 0.472 e. The van der Waals surface area contributed by atoms with Crippen molar-refractivity contribution in [1.29, 1.82) is 0 Å². The Hall–Kier alpha value is -2.04. The number of carbonyl (C=O) groups excluding carboxylic acids is 3. The quantitative estimate of drug-likeness (QED) is 0.0125. The van der Waals surface area contributed by atoms with Crippen LogP contribution in [0.15, 0.2) is 24.3 Å². The van der Waals surface area contributed by atoms with E-state index in [1.165, 1.54) is 70.3 Å². The van der Waals surface area contributed by atoms with Crippen molar-refractivity contribution < 1.29 is 51.6 Å². The van der Waals surface area contributed by atoms with Gasteiger partial charge in [-0.1, -0.05) is 134 Å². The minimum atomic E-state index is -4.39. The molecule has 0 bridgehead atoms. The third kappa shape index (κ3) is 36.3. The van der Waals surface area contributed by atoms with Crippen LogP contribution in [0.5, 0.6) is 0 Å². The van der Waals surface area contributed by atoms with Gasteiger partial charge in [-0.05, 0) is 26.2 Å². The normalized spacial score (nSPS) is 13.7. The Kier molecular flexibility index (Phi) is 32.2. The highest BCUT2D eigenvalue weighted by molar-refractivity contribution is 7.47. The molecule has 0 aromatic heterocycles. The molecule has 0 aliphatic carbocycles. The van der Waals surface area contributed by atoms with Crippen LogP contribution in [0, 0.1) is 0 Å². The fraction of sp³-hybridized carbons (Fsp3) is 0.825. The molecule has 0 aliphatic rings. The summed E-state index contributed by atoms with van der Waals surface area (Å²) in [6, 6.07) is 0. The summed E-state index contributed by atoms with van der Waals surface area (Å²) in [7, 11) is 1.41. The van der Waals surface area contributed by atoms with E-state index < -0.39 is 32.5 Å². The lowest BCUT2D eigenvalue weighted by Crippen LogP contribution is -2.37. The molecule has 0 fully saturated rings. The second-order valence-electron chi connectivity index (χ2n) is 14.7. The number of phosphoric acid groups is 1. The van der Waals surface area contributed by atoms with E-state index in [0.29, 0.717) is 24.1 Å². The minimum Gasteiger partial charge on any atom is -0.463 e. The molecule has 0 heterocycles. The molecule has 0 spiro atoms. The van der Waals surface area contributed by atoms with Gasteiger partial charge in [0.15, 0.2) is 6.10 Å². The summed E-state index contributed by atoms with van der Waals surface area (Å²) in [6.07, 6.45) is 28.1. The number of ether oxygens (including phenoxy) is 3. The van der Waals surface area contributed by atoms with Gasteiger partial charge in [-0.25, -0.2) is 9.36 Å². The van der Waals surface area contributed by atoms with Crippen LogP contribution in [-0.4, -0.2) is 87.5 Å². The molecule has 0 rings (SSSR count). The SMILES string of the molecule is C/C=C/C=C/C(=O)OCCCCCCCCCC(=O)O[C@H](COC(=O)CCCCCCCCCCCCCCC)COP(=O)(O)OCC[N+](C)(C)C. The first-order chi connectivity index (χ1) is 24.9. The zero-order chi connectivity index (χ0) is 38.8. The first kappa shape index (κ1) is 50.0. The molecule has 0 radical (unpaired) electrons. The summed E-state index contributed by atoms with van der Waals surface area (Å²) in [4.78, 5) is 46.8. The number of likely N-dealkylation sites (N-methyl/N-ethyl adjacent to an activating group) is 1. The van der Waals surface area contributed by atoms with Gasteiger partial charge in [0.1, 0.15) is 19.8 Å². The average Bonchev–Trinajstić information content (AvgIpc) is 3.08. The van der Waals surface area contributed by atoms with Crippen molar-refractivity contribution in [2.24, 2.45) is 0 Å². The highest BCUT2D eigenvalue weighted by Gasteiger charge is 2.27. The first-order valence-electron chi connectivity index (χ1n) is 20.1. The predicted octanol–water partition coefficient (Wildman–Crippen LogP) is 9.56. The molecule has 0 aromatic carbocycles. The molecule has 1 unspecified atom stereocenters. The average molecular weight is 761 g/mol. The lowest BCUT2D eigenvalue weighted by molar-refractivity contribution is -0.870. The van der Waals surface area contributed by atoms with Crippen LogP contribution in [0.4, 0.5) is 0 Å². The van der Waals surface area contributed by atoms with Gasteiger partial charge in [0, 0.05) is 18.9 Å². The van der Waals surface area contributed by atoms with Crippen LogP contribution in [0.25, 0.3) is 0 Å². The zero-order valence-electron chi connectivity index (χ0n) is 33.5. The number of nitrogens with zero attached hydrogens (tertiary/aromatic N) is 1. The number of allylic oxidation sites excluding steroid dienone is 3. The third-order valence-electron chi connectivity index (χ3n) is 8.46. The number of rotatable bonds is 36. The third-order valence-corrected chi connectivity index (χ3v) is 9.44. The number of phosphoric ester groups is 1. The molecule has 0 aliphatic heterocycles. The molecule has 0 aromatic rings. The smallest absolute Gasteiger partial charge is 0.463 e. The van der Waals surface area contributed by atoms with Crippen LogP contribution < -0.4 is 0 Å². The fourth-order valence-electron chi connectivity index (χ4n) is 5.27. The van der Waals surface area contributed by atoms with E-state index in [1.54, 1.807) is 12.2 Å². The van der Waals surface area contributed by atoms with Crippen molar-refractivity contribution in [2.75, 3.05) is 54.1 Å². The molecule has 11 nitrogen and oxygen atoms in total. The second kappa shape index (κ2) is 33.5. The molecule has 2 atom stereocenters. The summed E-state index contributed by atoms with van der Waals surface area (Å²) in [5.74, 6) is -1.21. The maximum atomic E-state index is 12.6. The molecule has 304 valence electrons. The van der Waals surface area contributed by atoms with Crippen molar-refractivity contribution in [3.05, 3.63) is 24.3 Å². The Morgan fingerprint density at radius 3 is 1.65 bits per heavy atom. The Bertz CT molecular complexity index is 1010. The second-order valence-corrected chi connectivity index (χ2v) is 16.1. The summed E-state index contributed by atoms with van der Waals surface area (Å²) in [6.45, 7) is 4.33. The Morgan fingerprint density at radius 1 is 0.635 bits per heavy atom. The number of quaternary nitrogens is 1. The van der Waals surface area contributed by atoms with Crippen LogP contribution in [0.3, 0.4) is 0 Å². The zero-order valence-corrected chi connectivity index (χ0v) is 34.4. The molecule has 0 amide bonds. The molecule has 0 saturated carbocycles. The van der Waals surface area contributed by atoms with Crippen molar-refractivity contribution in [1.82, 2.24) is 0 Å². The van der Waals surface area contributed by atoms with E-state index in [1.807, 2.05) is 34.1 Å². The van der Waals surface area contributed by atoms with Gasteiger partial charge < -0.3 is 23.6 Å². The van der Waals surface area contributed by atoms with Gasteiger partial charge in [0.05, 0.1) is 34.4 Å².